The average Bonchev–Trinajstić information content (AvgIpc) is 2.75. The number of hydrogen-bond donors (Lipinski definition) is 0. The molecule has 3 rings (SSSR count). The lowest BCUT2D eigenvalue weighted by Gasteiger charge is -2.12. The Hall–Kier alpha value is -2.19. The Morgan fingerprint density at radius 1 is 0.947 bits per heavy atom. The van der Waals surface area contributed by atoms with Crippen LogP contribution in [0.4, 0.5) is 0 Å². The van der Waals surface area contributed by atoms with E-state index < -0.39 is 7.82 Å². The number of phosphoric acid groups is 1. The molecule has 1 aliphatic heterocycles. The molecule has 0 amide bonds. The van der Waals surface area contributed by atoms with Crippen LogP contribution in [-0.4, -0.2) is 0 Å². The SMILES string of the molecule is C=C(OP1(=O)Oc2ccccc2O1)c1ccccc1. The predicted molar refractivity (Wildman–Crippen MR) is 71.9 cm³/mol. The van der Waals surface area contributed by atoms with Crippen molar-refractivity contribution in [3.05, 3.63) is 66.7 Å². The van der Waals surface area contributed by atoms with E-state index in [-0.39, 0.29) is 5.76 Å². The summed E-state index contributed by atoms with van der Waals surface area (Å²) in [5.74, 6) is 1.06. The lowest BCUT2D eigenvalue weighted by molar-refractivity contribution is 0.316. The highest BCUT2D eigenvalue weighted by atomic mass is 31.2. The second kappa shape index (κ2) is 4.48. The van der Waals surface area contributed by atoms with Crippen LogP contribution in [-0.2, 0) is 9.09 Å². The summed E-state index contributed by atoms with van der Waals surface area (Å²) in [6.07, 6.45) is 0. The largest absolute Gasteiger partial charge is 0.647 e. The standard InChI is InChI=1S/C14H11O4P/c1-11(12-7-3-2-4-8-12)16-19(15)17-13-9-5-6-10-14(13)18-19/h2-10H,1H2. The molecule has 0 spiro atoms. The van der Waals surface area contributed by atoms with Gasteiger partial charge in [0.2, 0.25) is 0 Å². The second-order valence-electron chi connectivity index (χ2n) is 3.96. The number of para-hydroxylation sites is 2. The zero-order valence-corrected chi connectivity index (χ0v) is 10.9. The summed E-state index contributed by atoms with van der Waals surface area (Å²) in [7, 11) is -3.67. The first-order chi connectivity index (χ1) is 9.16. The summed E-state index contributed by atoms with van der Waals surface area (Å²) in [6, 6.07) is 16.0. The van der Waals surface area contributed by atoms with E-state index in [0.29, 0.717) is 11.5 Å². The number of rotatable bonds is 3. The molecule has 96 valence electrons. The monoisotopic (exact) mass is 274 g/mol. The third-order valence-corrected chi connectivity index (χ3v) is 3.87. The molecule has 1 heterocycles. The fourth-order valence-corrected chi connectivity index (χ4v) is 2.98. The Kier molecular flexibility index (Phi) is 2.80. The van der Waals surface area contributed by atoms with Crippen LogP contribution in [0.1, 0.15) is 5.56 Å². The Balaban J connectivity index is 1.79. The van der Waals surface area contributed by atoms with Gasteiger partial charge in [0.15, 0.2) is 11.5 Å². The molecule has 0 aliphatic carbocycles. The Labute approximate surface area is 110 Å². The van der Waals surface area contributed by atoms with Gasteiger partial charge in [0.1, 0.15) is 5.76 Å². The van der Waals surface area contributed by atoms with Gasteiger partial charge in [0.05, 0.1) is 0 Å². The summed E-state index contributed by atoms with van der Waals surface area (Å²) >= 11 is 0. The van der Waals surface area contributed by atoms with Crippen molar-refractivity contribution in [3.63, 3.8) is 0 Å². The highest BCUT2D eigenvalue weighted by molar-refractivity contribution is 7.50. The van der Waals surface area contributed by atoms with Crippen LogP contribution in [0.15, 0.2) is 61.2 Å². The zero-order valence-electron chi connectivity index (χ0n) is 9.98. The van der Waals surface area contributed by atoms with E-state index in [1.165, 1.54) is 0 Å². The van der Waals surface area contributed by atoms with Gasteiger partial charge in [-0.2, -0.15) is 4.57 Å². The van der Waals surface area contributed by atoms with E-state index >= 15 is 0 Å². The van der Waals surface area contributed by atoms with Crippen LogP contribution in [0.2, 0.25) is 0 Å². The van der Waals surface area contributed by atoms with E-state index in [4.69, 9.17) is 13.6 Å². The molecule has 2 aromatic rings. The normalized spacial score (nSPS) is 14.9. The van der Waals surface area contributed by atoms with Crippen molar-refractivity contribution < 1.29 is 18.1 Å². The minimum absolute atomic E-state index is 0.247. The van der Waals surface area contributed by atoms with Crippen molar-refractivity contribution in [1.82, 2.24) is 0 Å². The van der Waals surface area contributed by atoms with E-state index in [1.54, 1.807) is 36.4 Å². The molecule has 1 aliphatic rings. The highest BCUT2D eigenvalue weighted by Crippen LogP contribution is 2.60. The Bertz CT molecular complexity index is 637. The average molecular weight is 274 g/mol. The zero-order chi connectivity index (χ0) is 13.3. The van der Waals surface area contributed by atoms with E-state index in [0.717, 1.165) is 5.56 Å². The van der Waals surface area contributed by atoms with Crippen LogP contribution in [0, 0.1) is 0 Å². The molecule has 0 fully saturated rings. The molecule has 2 aromatic carbocycles. The molecule has 19 heavy (non-hydrogen) atoms. The van der Waals surface area contributed by atoms with Gasteiger partial charge >= 0.3 is 7.82 Å². The van der Waals surface area contributed by atoms with Crippen LogP contribution >= 0.6 is 7.82 Å². The van der Waals surface area contributed by atoms with Gasteiger partial charge < -0.3 is 13.6 Å². The smallest absolute Gasteiger partial charge is 0.386 e. The van der Waals surface area contributed by atoms with Crippen molar-refractivity contribution in [2.24, 2.45) is 0 Å². The van der Waals surface area contributed by atoms with Crippen molar-refractivity contribution in [2.75, 3.05) is 0 Å². The maximum atomic E-state index is 12.3. The molecule has 0 saturated heterocycles. The summed E-state index contributed by atoms with van der Waals surface area (Å²) in [5.41, 5.74) is 0.723. The highest BCUT2D eigenvalue weighted by Gasteiger charge is 2.40. The third-order valence-electron chi connectivity index (χ3n) is 2.59. The van der Waals surface area contributed by atoms with Gasteiger partial charge in [-0.15, -0.1) is 0 Å². The number of fused-ring (bicyclic) bond motifs is 1. The maximum absolute atomic E-state index is 12.3. The van der Waals surface area contributed by atoms with Crippen molar-refractivity contribution in [3.8, 4) is 11.5 Å². The summed E-state index contributed by atoms with van der Waals surface area (Å²) in [6.45, 7) is 3.74. The molecule has 0 aromatic heterocycles. The first-order valence-corrected chi connectivity index (χ1v) is 7.14. The molecule has 0 atom stereocenters. The van der Waals surface area contributed by atoms with Crippen molar-refractivity contribution in [1.29, 1.82) is 0 Å². The molecule has 4 nitrogen and oxygen atoms in total. The summed E-state index contributed by atoms with van der Waals surface area (Å²) in [4.78, 5) is 0. The molecule has 0 unspecified atom stereocenters. The van der Waals surface area contributed by atoms with E-state index in [9.17, 15) is 4.57 Å². The molecular formula is C14H11O4P. The van der Waals surface area contributed by atoms with Crippen LogP contribution < -0.4 is 9.05 Å². The van der Waals surface area contributed by atoms with Gasteiger partial charge in [-0.25, -0.2) is 0 Å². The van der Waals surface area contributed by atoms with Gasteiger partial charge in [-0.3, -0.25) is 0 Å². The molecule has 0 bridgehead atoms. The fourth-order valence-electron chi connectivity index (χ4n) is 1.71. The lowest BCUT2D eigenvalue weighted by atomic mass is 10.2. The fraction of sp³-hybridized carbons (Fsp3) is 0. The first kappa shape index (κ1) is 11.9. The minimum Gasteiger partial charge on any atom is -0.386 e. The van der Waals surface area contributed by atoms with Gasteiger partial charge in [-0.05, 0) is 12.1 Å². The van der Waals surface area contributed by atoms with Gasteiger partial charge in [0.25, 0.3) is 0 Å². The quantitative estimate of drug-likeness (QED) is 0.620. The first-order valence-electron chi connectivity index (χ1n) is 5.68. The van der Waals surface area contributed by atoms with E-state index in [2.05, 4.69) is 6.58 Å². The maximum Gasteiger partial charge on any atom is 0.647 e. The molecule has 0 saturated carbocycles. The summed E-state index contributed by atoms with van der Waals surface area (Å²) in [5, 5.41) is 0. The minimum atomic E-state index is -3.67. The number of benzene rings is 2. The van der Waals surface area contributed by atoms with E-state index in [1.807, 2.05) is 18.2 Å². The number of hydrogen-bond acceptors (Lipinski definition) is 4. The Morgan fingerprint density at radius 2 is 1.47 bits per heavy atom. The van der Waals surface area contributed by atoms with Gasteiger partial charge in [0, 0.05) is 5.56 Å². The van der Waals surface area contributed by atoms with Crippen LogP contribution in [0.3, 0.4) is 0 Å². The molecule has 0 N–H and O–H groups in total. The second-order valence-corrected chi connectivity index (χ2v) is 5.40. The van der Waals surface area contributed by atoms with Crippen LogP contribution in [0.25, 0.3) is 5.76 Å². The van der Waals surface area contributed by atoms with Crippen molar-refractivity contribution in [2.45, 2.75) is 0 Å². The number of phosphoric ester groups is 1. The topological polar surface area (TPSA) is 44.8 Å². The molecule has 5 heteroatoms. The summed E-state index contributed by atoms with van der Waals surface area (Å²) < 4.78 is 28.1. The lowest BCUT2D eigenvalue weighted by Crippen LogP contribution is -1.97. The Morgan fingerprint density at radius 3 is 2.05 bits per heavy atom. The van der Waals surface area contributed by atoms with Gasteiger partial charge in [-0.1, -0.05) is 49.0 Å². The molecule has 0 radical (unpaired) electrons. The van der Waals surface area contributed by atoms with Crippen molar-refractivity contribution >= 4 is 13.6 Å². The molecular weight excluding hydrogens is 263 g/mol. The van der Waals surface area contributed by atoms with Crippen LogP contribution in [0.5, 0.6) is 11.5 Å². The predicted octanol–water partition coefficient (Wildman–Crippen LogP) is 4.25. The third kappa shape index (κ3) is 2.35.